The maximum absolute atomic E-state index is 14.0. The molecule has 1 saturated heterocycles. The number of nitrogens with zero attached hydrogens (tertiary/aromatic N) is 1. The Hall–Kier alpha value is -2.61. The molecule has 0 aromatic heterocycles. The van der Waals surface area contributed by atoms with Crippen molar-refractivity contribution in [2.24, 2.45) is 11.3 Å². The first-order valence-corrected chi connectivity index (χ1v) is 11.5. The van der Waals surface area contributed by atoms with Crippen molar-refractivity contribution in [1.29, 1.82) is 0 Å². The van der Waals surface area contributed by atoms with E-state index in [0.29, 0.717) is 23.3 Å². The molecule has 2 N–H and O–H groups in total. The van der Waals surface area contributed by atoms with Crippen LogP contribution in [0.15, 0.2) is 53.3 Å². The molecule has 7 heteroatoms. The number of aliphatic hydroxyl groups is 2. The van der Waals surface area contributed by atoms with Gasteiger partial charge in [-0.15, -0.1) is 0 Å². The summed E-state index contributed by atoms with van der Waals surface area (Å²) < 4.78 is 17.4. The molecule has 3 aliphatic carbocycles. The van der Waals surface area contributed by atoms with Gasteiger partial charge in [-0.25, -0.2) is 0 Å². The van der Waals surface area contributed by atoms with E-state index in [-0.39, 0.29) is 17.9 Å². The first-order valence-electron chi connectivity index (χ1n) is 11.5. The van der Waals surface area contributed by atoms with E-state index in [4.69, 9.17) is 14.2 Å². The minimum atomic E-state index is -1.90. The molecule has 1 unspecified atom stereocenters. The van der Waals surface area contributed by atoms with E-state index in [1.54, 1.807) is 18.2 Å². The number of ether oxygens (including phenoxy) is 3. The fourth-order valence-corrected chi connectivity index (χ4v) is 6.97. The van der Waals surface area contributed by atoms with Crippen LogP contribution in [0.5, 0.6) is 11.5 Å². The Morgan fingerprint density at radius 1 is 1.21 bits per heavy atom. The zero-order valence-electron chi connectivity index (χ0n) is 19.1. The number of carbonyl (C=O) groups excluding carboxylic acids is 1. The first-order chi connectivity index (χ1) is 15.9. The lowest BCUT2D eigenvalue weighted by molar-refractivity contribution is -0.0989. The lowest BCUT2D eigenvalue weighted by Gasteiger charge is -2.58. The van der Waals surface area contributed by atoms with Crippen molar-refractivity contribution < 1.29 is 29.2 Å². The van der Waals surface area contributed by atoms with Crippen LogP contribution in [0.1, 0.15) is 29.6 Å². The van der Waals surface area contributed by atoms with E-state index >= 15 is 0 Å². The molecule has 2 fully saturated rings. The zero-order valence-corrected chi connectivity index (χ0v) is 19.1. The molecule has 1 spiro atoms. The van der Waals surface area contributed by atoms with Gasteiger partial charge in [-0.05, 0) is 44.1 Å². The molecule has 6 rings (SSSR count). The highest BCUT2D eigenvalue weighted by Crippen LogP contribution is 2.66. The number of carbonyl (C=O) groups is 1. The minimum Gasteiger partial charge on any atom is -0.496 e. The van der Waals surface area contributed by atoms with Gasteiger partial charge in [0.2, 0.25) is 5.78 Å². The van der Waals surface area contributed by atoms with Crippen molar-refractivity contribution in [2.75, 3.05) is 27.8 Å². The minimum absolute atomic E-state index is 0.106. The van der Waals surface area contributed by atoms with Crippen molar-refractivity contribution in [2.45, 2.75) is 43.1 Å². The summed E-state index contributed by atoms with van der Waals surface area (Å²) in [5.74, 6) is 0.624. The number of hydrogen-bond acceptors (Lipinski definition) is 7. The molecule has 6 atom stereocenters. The summed E-state index contributed by atoms with van der Waals surface area (Å²) in [6, 6.07) is 5.41. The molecule has 7 nitrogen and oxygen atoms in total. The highest BCUT2D eigenvalue weighted by molar-refractivity contribution is 6.09. The van der Waals surface area contributed by atoms with Gasteiger partial charge in [-0.1, -0.05) is 24.3 Å². The fraction of sp³-hybridized carbons (Fsp3) is 0.500. The molecule has 174 valence electrons. The van der Waals surface area contributed by atoms with Gasteiger partial charge < -0.3 is 29.3 Å². The first kappa shape index (κ1) is 21.0. The van der Waals surface area contributed by atoms with Gasteiger partial charge in [0.25, 0.3) is 0 Å². The molecular formula is C26H29NO6. The predicted octanol–water partition coefficient (Wildman–Crippen LogP) is 2.24. The Balaban J connectivity index is 1.53. The smallest absolute Gasteiger partial charge is 0.209 e. The lowest BCUT2D eigenvalue weighted by atomic mass is 9.51. The summed E-state index contributed by atoms with van der Waals surface area (Å²) in [5.41, 5.74) is -0.0795. The van der Waals surface area contributed by atoms with Crippen LogP contribution >= 0.6 is 0 Å². The van der Waals surface area contributed by atoms with E-state index < -0.39 is 29.0 Å². The molecule has 1 aromatic rings. The van der Waals surface area contributed by atoms with E-state index in [2.05, 4.69) is 18.0 Å². The Bertz CT molecular complexity index is 1120. The average molecular weight is 452 g/mol. The summed E-state index contributed by atoms with van der Waals surface area (Å²) in [6.45, 7) is 0.873. The quantitative estimate of drug-likeness (QED) is 0.536. The standard InChI is InChI=1S/C26H29NO6/c1-27-12-11-25-15-7-8-17(28)23(25)33-24-21(25)14(13-16(15)27)9-10-26(24,30)22(29)20-18(31-2)5-4-6-19(20)32-3/h4-9,15-17,23,28,30H,10-13H2,1-3H3/t15-,16+,17-,23-,25-,26?/m0/s1. The highest BCUT2D eigenvalue weighted by atomic mass is 16.5. The number of piperidine rings is 1. The number of hydrogen-bond donors (Lipinski definition) is 2. The number of benzene rings is 1. The molecule has 2 heterocycles. The van der Waals surface area contributed by atoms with Crippen LogP contribution in [-0.4, -0.2) is 72.6 Å². The van der Waals surface area contributed by atoms with E-state index in [0.717, 1.165) is 30.5 Å². The summed E-state index contributed by atoms with van der Waals surface area (Å²) in [5, 5.41) is 22.9. The van der Waals surface area contributed by atoms with Crippen molar-refractivity contribution in [3.8, 4) is 11.5 Å². The Labute approximate surface area is 192 Å². The highest BCUT2D eigenvalue weighted by Gasteiger charge is 2.68. The van der Waals surface area contributed by atoms with Crippen LogP contribution in [0.2, 0.25) is 0 Å². The van der Waals surface area contributed by atoms with Gasteiger partial charge in [-0.3, -0.25) is 4.79 Å². The van der Waals surface area contributed by atoms with Crippen LogP contribution in [0.25, 0.3) is 0 Å². The topological polar surface area (TPSA) is 88.5 Å². The van der Waals surface area contributed by atoms with E-state index in [1.165, 1.54) is 14.2 Å². The SMILES string of the molecule is COc1cccc(OC)c1C(=O)C1(O)CC=C2C[C@@H]3[C@@H]4C=C[C@H](O)[C@@H]5OC1=C2[C@]45CCN3C. The maximum Gasteiger partial charge on any atom is 0.209 e. The van der Waals surface area contributed by atoms with Gasteiger partial charge >= 0.3 is 0 Å². The second-order valence-corrected chi connectivity index (χ2v) is 9.85. The molecule has 2 aliphatic heterocycles. The number of Topliss-reactive ketones (excluding diaryl/α,β-unsaturated/α-hetero) is 1. The van der Waals surface area contributed by atoms with Gasteiger partial charge in [0.15, 0.2) is 5.60 Å². The molecule has 1 aromatic carbocycles. The maximum atomic E-state index is 14.0. The molecule has 0 radical (unpaired) electrons. The van der Waals surface area contributed by atoms with Crippen molar-refractivity contribution in [3.63, 3.8) is 0 Å². The predicted molar refractivity (Wildman–Crippen MR) is 120 cm³/mol. The fourth-order valence-electron chi connectivity index (χ4n) is 6.97. The van der Waals surface area contributed by atoms with Crippen LogP contribution in [0, 0.1) is 11.3 Å². The number of methoxy groups -OCH3 is 2. The second kappa shape index (κ2) is 6.95. The largest absolute Gasteiger partial charge is 0.496 e. The monoisotopic (exact) mass is 451 g/mol. The molecule has 2 bridgehead atoms. The van der Waals surface area contributed by atoms with Crippen LogP contribution in [-0.2, 0) is 4.74 Å². The van der Waals surface area contributed by atoms with Gasteiger partial charge in [-0.2, -0.15) is 0 Å². The number of likely N-dealkylation sites (tertiary alicyclic amines) is 1. The van der Waals surface area contributed by atoms with E-state index in [1.807, 2.05) is 12.2 Å². The average Bonchev–Trinajstić information content (AvgIpc) is 3.19. The van der Waals surface area contributed by atoms with Crippen LogP contribution < -0.4 is 9.47 Å². The molecule has 5 aliphatic rings. The van der Waals surface area contributed by atoms with Gasteiger partial charge in [0.1, 0.15) is 35.0 Å². The molecule has 0 amide bonds. The number of aliphatic hydroxyl groups excluding tert-OH is 1. The molecule has 1 saturated carbocycles. The van der Waals surface area contributed by atoms with Crippen molar-refractivity contribution >= 4 is 5.78 Å². The zero-order chi connectivity index (χ0) is 23.1. The molecular weight excluding hydrogens is 422 g/mol. The van der Waals surface area contributed by atoms with Crippen molar-refractivity contribution in [1.82, 2.24) is 4.90 Å². The summed E-state index contributed by atoms with van der Waals surface area (Å²) in [6.07, 6.45) is 6.36. The second-order valence-electron chi connectivity index (χ2n) is 9.85. The lowest BCUT2D eigenvalue weighted by Crippen LogP contribution is -2.62. The Kier molecular flexibility index (Phi) is 4.41. The summed E-state index contributed by atoms with van der Waals surface area (Å²) in [4.78, 5) is 16.4. The Morgan fingerprint density at radius 3 is 2.64 bits per heavy atom. The number of ketones is 1. The third-order valence-corrected chi connectivity index (χ3v) is 8.52. The van der Waals surface area contributed by atoms with Crippen molar-refractivity contribution in [3.05, 3.63) is 58.9 Å². The van der Waals surface area contributed by atoms with E-state index in [9.17, 15) is 15.0 Å². The Morgan fingerprint density at radius 2 is 1.94 bits per heavy atom. The summed E-state index contributed by atoms with van der Waals surface area (Å²) >= 11 is 0. The third kappa shape index (κ3) is 2.47. The third-order valence-electron chi connectivity index (χ3n) is 8.52. The number of rotatable bonds is 4. The van der Waals surface area contributed by atoms with Gasteiger partial charge in [0.05, 0.1) is 14.2 Å². The molecule has 33 heavy (non-hydrogen) atoms. The van der Waals surface area contributed by atoms with Gasteiger partial charge in [0, 0.05) is 29.4 Å². The van der Waals surface area contributed by atoms with Crippen LogP contribution in [0.3, 0.4) is 0 Å². The normalized spacial score (nSPS) is 38.4. The van der Waals surface area contributed by atoms with Crippen LogP contribution in [0.4, 0.5) is 0 Å². The summed E-state index contributed by atoms with van der Waals surface area (Å²) in [7, 11) is 5.12.